The first-order valence-electron chi connectivity index (χ1n) is 6.38. The van der Waals surface area contributed by atoms with Crippen LogP contribution in [0.4, 0.5) is 11.4 Å². The largest absolute Gasteiger partial charge is 0.484 e. The number of nitrogen functional groups attached to an aromatic ring is 1. The zero-order valence-corrected chi connectivity index (χ0v) is 11.6. The average Bonchev–Trinajstić information content (AvgIpc) is 2.50. The van der Waals surface area contributed by atoms with Crippen LogP contribution in [0.5, 0.6) is 5.75 Å². The second-order valence-corrected chi connectivity index (χ2v) is 4.50. The highest BCUT2D eigenvalue weighted by molar-refractivity contribution is 5.93. The third-order valence-corrected chi connectivity index (χ3v) is 2.98. The van der Waals surface area contributed by atoms with Crippen LogP contribution in [-0.4, -0.2) is 12.5 Å². The van der Waals surface area contributed by atoms with Crippen molar-refractivity contribution in [3.05, 3.63) is 53.6 Å². The van der Waals surface area contributed by atoms with Gasteiger partial charge in [0.05, 0.1) is 11.6 Å². The van der Waals surface area contributed by atoms with Gasteiger partial charge in [0.1, 0.15) is 5.75 Å². The molecular weight excluding hydrogens is 266 g/mol. The Morgan fingerprint density at radius 2 is 2.10 bits per heavy atom. The molecule has 0 radical (unpaired) electrons. The number of nitrogens with one attached hydrogen (secondary N) is 1. The summed E-state index contributed by atoms with van der Waals surface area (Å²) in [6.45, 7) is 1.70. The van der Waals surface area contributed by atoms with Gasteiger partial charge in [0, 0.05) is 11.4 Å². The van der Waals surface area contributed by atoms with Crippen LogP contribution in [0.15, 0.2) is 42.5 Å². The molecule has 0 heterocycles. The van der Waals surface area contributed by atoms with Crippen molar-refractivity contribution in [2.24, 2.45) is 0 Å². The quantitative estimate of drug-likeness (QED) is 0.843. The van der Waals surface area contributed by atoms with E-state index in [0.717, 1.165) is 5.56 Å². The number of carbonyl (C=O) groups excluding carboxylic acids is 1. The summed E-state index contributed by atoms with van der Waals surface area (Å²) in [6.07, 6.45) is 0. The maximum atomic E-state index is 11.9. The summed E-state index contributed by atoms with van der Waals surface area (Å²) in [6, 6.07) is 14.0. The summed E-state index contributed by atoms with van der Waals surface area (Å²) in [4.78, 5) is 11.9. The smallest absolute Gasteiger partial charge is 0.262 e. The van der Waals surface area contributed by atoms with Crippen LogP contribution in [0.1, 0.15) is 11.1 Å². The predicted octanol–water partition coefficient (Wildman–Crippen LogP) is 2.47. The summed E-state index contributed by atoms with van der Waals surface area (Å²) in [7, 11) is 0. The standard InChI is InChI=1S/C16H15N3O2/c1-11-14(18)6-3-7-15(11)19-16(20)10-21-13-5-2-4-12(8-13)9-17/h2-8H,10,18H2,1H3,(H,19,20). The van der Waals surface area contributed by atoms with Gasteiger partial charge >= 0.3 is 0 Å². The molecule has 1 amide bonds. The maximum absolute atomic E-state index is 11.9. The number of carbonyl (C=O) groups is 1. The van der Waals surface area contributed by atoms with E-state index < -0.39 is 0 Å². The number of anilines is 2. The number of nitrogens with zero attached hydrogens (tertiary/aromatic N) is 1. The second-order valence-electron chi connectivity index (χ2n) is 4.50. The van der Waals surface area contributed by atoms with E-state index in [1.807, 2.05) is 13.0 Å². The molecule has 0 saturated heterocycles. The molecule has 0 saturated carbocycles. The molecule has 5 nitrogen and oxygen atoms in total. The molecule has 2 aromatic rings. The molecule has 0 aromatic heterocycles. The Morgan fingerprint density at radius 3 is 2.86 bits per heavy atom. The number of nitriles is 1. The number of nitrogens with two attached hydrogens (primary N) is 1. The van der Waals surface area contributed by atoms with Crippen molar-refractivity contribution in [2.45, 2.75) is 6.92 Å². The minimum Gasteiger partial charge on any atom is -0.484 e. The van der Waals surface area contributed by atoms with Crippen LogP contribution in [-0.2, 0) is 4.79 Å². The molecule has 0 aliphatic rings. The van der Waals surface area contributed by atoms with Crippen molar-refractivity contribution in [3.8, 4) is 11.8 Å². The van der Waals surface area contributed by atoms with E-state index in [4.69, 9.17) is 15.7 Å². The zero-order valence-electron chi connectivity index (χ0n) is 11.6. The minimum absolute atomic E-state index is 0.136. The lowest BCUT2D eigenvalue weighted by molar-refractivity contribution is -0.118. The molecule has 0 atom stereocenters. The van der Waals surface area contributed by atoms with Gasteiger partial charge in [-0.05, 0) is 42.8 Å². The highest BCUT2D eigenvalue weighted by Gasteiger charge is 2.07. The van der Waals surface area contributed by atoms with Gasteiger partial charge in [-0.2, -0.15) is 5.26 Å². The minimum atomic E-state index is -0.286. The van der Waals surface area contributed by atoms with Gasteiger partial charge in [-0.25, -0.2) is 0 Å². The first-order valence-corrected chi connectivity index (χ1v) is 6.38. The lowest BCUT2D eigenvalue weighted by atomic mass is 10.1. The van der Waals surface area contributed by atoms with E-state index in [2.05, 4.69) is 5.32 Å². The van der Waals surface area contributed by atoms with Gasteiger partial charge in [-0.1, -0.05) is 12.1 Å². The Bertz CT molecular complexity index is 705. The molecule has 0 fully saturated rings. The fourth-order valence-corrected chi connectivity index (χ4v) is 1.78. The monoisotopic (exact) mass is 281 g/mol. The van der Waals surface area contributed by atoms with Crippen LogP contribution in [0.25, 0.3) is 0 Å². The van der Waals surface area contributed by atoms with Gasteiger partial charge in [-0.15, -0.1) is 0 Å². The van der Waals surface area contributed by atoms with Crippen LogP contribution < -0.4 is 15.8 Å². The summed E-state index contributed by atoms with van der Waals surface area (Å²) in [5, 5.41) is 11.5. The van der Waals surface area contributed by atoms with Crippen molar-refractivity contribution in [2.75, 3.05) is 17.7 Å². The Hall–Kier alpha value is -3.00. The van der Waals surface area contributed by atoms with E-state index in [-0.39, 0.29) is 12.5 Å². The van der Waals surface area contributed by atoms with E-state index in [1.165, 1.54) is 0 Å². The lowest BCUT2D eigenvalue weighted by Crippen LogP contribution is -2.20. The number of amides is 1. The highest BCUT2D eigenvalue weighted by atomic mass is 16.5. The normalized spacial score (nSPS) is 9.71. The number of hydrogen-bond acceptors (Lipinski definition) is 4. The van der Waals surface area contributed by atoms with E-state index >= 15 is 0 Å². The van der Waals surface area contributed by atoms with Gasteiger partial charge < -0.3 is 15.8 Å². The molecule has 0 spiro atoms. The van der Waals surface area contributed by atoms with Crippen molar-refractivity contribution in [1.29, 1.82) is 5.26 Å². The Kier molecular flexibility index (Phi) is 4.42. The van der Waals surface area contributed by atoms with Crippen LogP contribution in [0.2, 0.25) is 0 Å². The summed E-state index contributed by atoms with van der Waals surface area (Å²) >= 11 is 0. The molecular formula is C16H15N3O2. The molecule has 0 unspecified atom stereocenters. The zero-order chi connectivity index (χ0) is 15.2. The lowest BCUT2D eigenvalue weighted by Gasteiger charge is -2.11. The molecule has 3 N–H and O–H groups in total. The number of rotatable bonds is 4. The molecule has 0 aliphatic heterocycles. The van der Waals surface area contributed by atoms with Gasteiger partial charge in [0.25, 0.3) is 5.91 Å². The topological polar surface area (TPSA) is 88.1 Å². The molecule has 2 rings (SSSR count). The molecule has 2 aromatic carbocycles. The maximum Gasteiger partial charge on any atom is 0.262 e. The number of benzene rings is 2. The third-order valence-electron chi connectivity index (χ3n) is 2.98. The van der Waals surface area contributed by atoms with Gasteiger partial charge in [0.2, 0.25) is 0 Å². The molecule has 0 aliphatic carbocycles. The predicted molar refractivity (Wildman–Crippen MR) is 80.9 cm³/mol. The fourth-order valence-electron chi connectivity index (χ4n) is 1.78. The van der Waals surface area contributed by atoms with E-state index in [0.29, 0.717) is 22.7 Å². The van der Waals surface area contributed by atoms with Crippen molar-refractivity contribution >= 4 is 17.3 Å². The SMILES string of the molecule is Cc1c(N)cccc1NC(=O)COc1cccc(C#N)c1. The number of ether oxygens (including phenoxy) is 1. The van der Waals surface area contributed by atoms with E-state index in [9.17, 15) is 4.79 Å². The Balaban J connectivity index is 1.96. The average molecular weight is 281 g/mol. The summed E-state index contributed by atoms with van der Waals surface area (Å²) < 4.78 is 5.36. The summed E-state index contributed by atoms with van der Waals surface area (Å²) in [5.74, 6) is 0.194. The summed E-state index contributed by atoms with van der Waals surface area (Å²) in [5.41, 5.74) is 8.37. The van der Waals surface area contributed by atoms with E-state index in [1.54, 1.807) is 42.5 Å². The molecule has 21 heavy (non-hydrogen) atoms. The Labute approximate surface area is 123 Å². The molecule has 5 heteroatoms. The molecule has 106 valence electrons. The van der Waals surface area contributed by atoms with Crippen molar-refractivity contribution in [1.82, 2.24) is 0 Å². The second kappa shape index (κ2) is 6.44. The number of hydrogen-bond donors (Lipinski definition) is 2. The first kappa shape index (κ1) is 14.4. The molecule has 0 bridgehead atoms. The first-order chi connectivity index (χ1) is 10.1. The van der Waals surface area contributed by atoms with Gasteiger partial charge in [0.15, 0.2) is 6.61 Å². The van der Waals surface area contributed by atoms with Gasteiger partial charge in [-0.3, -0.25) is 4.79 Å². The van der Waals surface area contributed by atoms with Crippen LogP contribution >= 0.6 is 0 Å². The van der Waals surface area contributed by atoms with Crippen molar-refractivity contribution < 1.29 is 9.53 Å². The van der Waals surface area contributed by atoms with Crippen molar-refractivity contribution in [3.63, 3.8) is 0 Å². The third kappa shape index (κ3) is 3.74. The highest BCUT2D eigenvalue weighted by Crippen LogP contribution is 2.20. The van der Waals surface area contributed by atoms with Crippen LogP contribution in [0, 0.1) is 18.3 Å². The fraction of sp³-hybridized carbons (Fsp3) is 0.125. The van der Waals surface area contributed by atoms with Crippen LogP contribution in [0.3, 0.4) is 0 Å². The Morgan fingerprint density at radius 1 is 1.33 bits per heavy atom.